The Labute approximate surface area is 72.1 Å². The summed E-state index contributed by atoms with van der Waals surface area (Å²) < 4.78 is 5.16. The first-order chi connectivity index (χ1) is 5.90. The summed E-state index contributed by atoms with van der Waals surface area (Å²) in [5.74, 6) is 0.999. The van der Waals surface area contributed by atoms with Crippen LogP contribution in [0.1, 0.15) is 0 Å². The predicted molar refractivity (Wildman–Crippen MR) is 48.2 cm³/mol. The molecule has 0 amide bonds. The van der Waals surface area contributed by atoms with Crippen molar-refractivity contribution in [2.75, 3.05) is 13.7 Å². The van der Waals surface area contributed by atoms with Gasteiger partial charge in [-0.15, -0.1) is 0 Å². The normalized spacial score (nSPS) is 19.9. The largest absolute Gasteiger partial charge is 0.499 e. The highest BCUT2D eigenvalue weighted by Gasteiger charge is 2.12. The molecule has 2 heterocycles. The number of methoxy groups -OCH3 is 1. The number of nitrogens with zero attached hydrogens (tertiary/aromatic N) is 1. The predicted octanol–water partition coefficient (Wildman–Crippen LogP) is 1.80. The minimum absolute atomic E-state index is 0.836. The standard InChI is InChI=1S/C10H11NO/c1-12-10-6-5-9-4-2-3-7-11(9)8-10/h2-7H,8H2,1H3. The molecule has 0 bridgehead atoms. The summed E-state index contributed by atoms with van der Waals surface area (Å²) in [6, 6.07) is 0. The first-order valence-corrected chi connectivity index (χ1v) is 3.96. The van der Waals surface area contributed by atoms with Crippen LogP contribution in [-0.2, 0) is 4.74 Å². The number of rotatable bonds is 1. The third-order valence-electron chi connectivity index (χ3n) is 2.00. The Bertz CT molecular complexity index is 297. The zero-order chi connectivity index (χ0) is 8.39. The zero-order valence-electron chi connectivity index (χ0n) is 7.03. The van der Waals surface area contributed by atoms with Crippen LogP contribution in [0.5, 0.6) is 0 Å². The lowest BCUT2D eigenvalue weighted by Gasteiger charge is -2.26. The summed E-state index contributed by atoms with van der Waals surface area (Å²) in [4.78, 5) is 2.15. The summed E-state index contributed by atoms with van der Waals surface area (Å²) >= 11 is 0. The van der Waals surface area contributed by atoms with Gasteiger partial charge in [0.15, 0.2) is 0 Å². The molecule has 2 aliphatic heterocycles. The molecule has 2 rings (SSSR count). The first kappa shape index (κ1) is 7.22. The molecule has 0 unspecified atom stereocenters. The van der Waals surface area contributed by atoms with E-state index in [0.717, 1.165) is 12.3 Å². The van der Waals surface area contributed by atoms with Gasteiger partial charge in [0.05, 0.1) is 13.7 Å². The van der Waals surface area contributed by atoms with E-state index in [-0.39, 0.29) is 0 Å². The maximum atomic E-state index is 5.16. The second-order valence-electron chi connectivity index (χ2n) is 2.76. The highest BCUT2D eigenvalue weighted by molar-refractivity contribution is 5.35. The van der Waals surface area contributed by atoms with E-state index in [1.807, 2.05) is 18.2 Å². The van der Waals surface area contributed by atoms with Gasteiger partial charge < -0.3 is 9.64 Å². The molecule has 2 heteroatoms. The van der Waals surface area contributed by atoms with Crippen molar-refractivity contribution in [3.63, 3.8) is 0 Å². The smallest absolute Gasteiger partial charge is 0.115 e. The van der Waals surface area contributed by atoms with Crippen LogP contribution in [-0.4, -0.2) is 18.6 Å². The molecule has 62 valence electrons. The average molecular weight is 161 g/mol. The Morgan fingerprint density at radius 3 is 3.08 bits per heavy atom. The third kappa shape index (κ3) is 1.16. The highest BCUT2D eigenvalue weighted by Crippen LogP contribution is 2.19. The Balaban J connectivity index is 2.25. The fourth-order valence-corrected chi connectivity index (χ4v) is 1.32. The monoisotopic (exact) mass is 161 g/mol. The lowest BCUT2D eigenvalue weighted by atomic mass is 10.2. The molecule has 0 saturated carbocycles. The van der Waals surface area contributed by atoms with Crippen molar-refractivity contribution in [2.24, 2.45) is 0 Å². The fraction of sp³-hybridized carbons (Fsp3) is 0.200. The summed E-state index contributed by atoms with van der Waals surface area (Å²) in [5.41, 5.74) is 1.22. The molecular weight excluding hydrogens is 150 g/mol. The average Bonchev–Trinajstić information content (AvgIpc) is 2.17. The van der Waals surface area contributed by atoms with Gasteiger partial charge in [0.2, 0.25) is 0 Å². The van der Waals surface area contributed by atoms with E-state index in [9.17, 15) is 0 Å². The van der Waals surface area contributed by atoms with Crippen molar-refractivity contribution in [1.82, 2.24) is 4.90 Å². The number of hydrogen-bond donors (Lipinski definition) is 0. The molecule has 2 nitrogen and oxygen atoms in total. The second-order valence-corrected chi connectivity index (χ2v) is 2.76. The molecule has 2 aliphatic rings. The van der Waals surface area contributed by atoms with Gasteiger partial charge in [-0.2, -0.15) is 0 Å². The quantitative estimate of drug-likeness (QED) is 0.581. The van der Waals surface area contributed by atoms with Gasteiger partial charge in [0.25, 0.3) is 0 Å². The fourth-order valence-electron chi connectivity index (χ4n) is 1.32. The van der Waals surface area contributed by atoms with Crippen molar-refractivity contribution in [3.05, 3.63) is 48.0 Å². The van der Waals surface area contributed by atoms with Crippen LogP contribution in [0.15, 0.2) is 48.0 Å². The molecule has 0 aromatic heterocycles. The lowest BCUT2D eigenvalue weighted by molar-refractivity contribution is 0.256. The summed E-state index contributed by atoms with van der Waals surface area (Å²) in [7, 11) is 1.70. The van der Waals surface area contributed by atoms with Crippen molar-refractivity contribution in [2.45, 2.75) is 0 Å². The highest BCUT2D eigenvalue weighted by atomic mass is 16.5. The van der Waals surface area contributed by atoms with E-state index >= 15 is 0 Å². The molecule has 0 aromatic rings. The van der Waals surface area contributed by atoms with E-state index in [1.165, 1.54) is 5.70 Å². The van der Waals surface area contributed by atoms with E-state index < -0.39 is 0 Å². The van der Waals surface area contributed by atoms with Gasteiger partial charge in [0, 0.05) is 11.9 Å². The zero-order valence-corrected chi connectivity index (χ0v) is 7.03. The van der Waals surface area contributed by atoms with E-state index in [4.69, 9.17) is 4.74 Å². The number of hydrogen-bond acceptors (Lipinski definition) is 2. The molecule has 0 aromatic carbocycles. The summed E-state index contributed by atoms with van der Waals surface area (Å²) in [6.07, 6.45) is 12.3. The van der Waals surface area contributed by atoms with Crippen molar-refractivity contribution in [3.8, 4) is 0 Å². The van der Waals surface area contributed by atoms with Gasteiger partial charge in [-0.3, -0.25) is 0 Å². The molecule has 0 atom stereocenters. The molecule has 12 heavy (non-hydrogen) atoms. The van der Waals surface area contributed by atoms with Gasteiger partial charge in [-0.05, 0) is 24.3 Å². The topological polar surface area (TPSA) is 12.5 Å². The van der Waals surface area contributed by atoms with Crippen molar-refractivity contribution >= 4 is 0 Å². The minimum Gasteiger partial charge on any atom is -0.499 e. The molecule has 0 aliphatic carbocycles. The molecule has 0 N–H and O–H groups in total. The van der Waals surface area contributed by atoms with E-state index in [2.05, 4.69) is 23.3 Å². The van der Waals surface area contributed by atoms with Gasteiger partial charge in [-0.25, -0.2) is 0 Å². The van der Waals surface area contributed by atoms with E-state index in [0.29, 0.717) is 0 Å². The van der Waals surface area contributed by atoms with Crippen LogP contribution in [0, 0.1) is 0 Å². The van der Waals surface area contributed by atoms with E-state index in [1.54, 1.807) is 7.11 Å². The Morgan fingerprint density at radius 1 is 1.33 bits per heavy atom. The summed E-state index contributed by atoms with van der Waals surface area (Å²) in [6.45, 7) is 0.836. The number of allylic oxidation sites excluding steroid dienone is 5. The lowest BCUT2D eigenvalue weighted by Crippen LogP contribution is -2.22. The van der Waals surface area contributed by atoms with Crippen LogP contribution >= 0.6 is 0 Å². The van der Waals surface area contributed by atoms with Gasteiger partial charge >= 0.3 is 0 Å². The Kier molecular flexibility index (Phi) is 1.74. The Hall–Kier alpha value is -1.44. The second kappa shape index (κ2) is 2.89. The number of fused-ring (bicyclic) bond motifs is 1. The van der Waals surface area contributed by atoms with Crippen LogP contribution in [0.3, 0.4) is 0 Å². The number of ether oxygens (including phenoxy) is 1. The van der Waals surface area contributed by atoms with Crippen LogP contribution < -0.4 is 0 Å². The maximum Gasteiger partial charge on any atom is 0.115 e. The Morgan fingerprint density at radius 2 is 2.25 bits per heavy atom. The first-order valence-electron chi connectivity index (χ1n) is 3.96. The van der Waals surface area contributed by atoms with Crippen LogP contribution in [0.25, 0.3) is 0 Å². The molecular formula is C10H11NO. The van der Waals surface area contributed by atoms with Gasteiger partial charge in [0.1, 0.15) is 5.76 Å². The molecule has 0 radical (unpaired) electrons. The van der Waals surface area contributed by atoms with Crippen LogP contribution in [0.4, 0.5) is 0 Å². The van der Waals surface area contributed by atoms with Crippen LogP contribution in [0.2, 0.25) is 0 Å². The van der Waals surface area contributed by atoms with Crippen molar-refractivity contribution in [1.29, 1.82) is 0 Å². The SMILES string of the molecule is COC1=CC=C2C=CC=CN2C1. The van der Waals surface area contributed by atoms with Crippen molar-refractivity contribution < 1.29 is 4.74 Å². The minimum atomic E-state index is 0.836. The van der Waals surface area contributed by atoms with Gasteiger partial charge in [-0.1, -0.05) is 6.08 Å². The molecule has 0 fully saturated rings. The molecule has 0 spiro atoms. The third-order valence-corrected chi connectivity index (χ3v) is 2.00. The molecule has 0 saturated heterocycles. The maximum absolute atomic E-state index is 5.16. The summed E-state index contributed by atoms with van der Waals surface area (Å²) in [5, 5.41) is 0.